The number of rotatable bonds is 1. The summed E-state index contributed by atoms with van der Waals surface area (Å²) >= 11 is 0. The van der Waals surface area contributed by atoms with Gasteiger partial charge in [0.15, 0.2) is 0 Å². The van der Waals surface area contributed by atoms with Gasteiger partial charge in [0.05, 0.1) is 12.0 Å². The second-order valence-corrected chi connectivity index (χ2v) is 8.04. The van der Waals surface area contributed by atoms with E-state index >= 15 is 0 Å². The molecule has 3 fully saturated rings. The minimum Gasteiger partial charge on any atom is -0.331 e. The van der Waals surface area contributed by atoms with Gasteiger partial charge in [0.1, 0.15) is 0 Å². The smallest absolute Gasteiger partial charge is 0.0954 e. The predicted molar refractivity (Wildman–Crippen MR) is 91.9 cm³/mol. The van der Waals surface area contributed by atoms with Gasteiger partial charge in [-0.05, 0) is 32.6 Å². The first-order chi connectivity index (χ1) is 10.6. The van der Waals surface area contributed by atoms with Crippen LogP contribution in [0.5, 0.6) is 0 Å². The van der Waals surface area contributed by atoms with Gasteiger partial charge in [0.25, 0.3) is 0 Å². The second kappa shape index (κ2) is 6.74. The van der Waals surface area contributed by atoms with Crippen LogP contribution in [-0.4, -0.2) is 15.1 Å². The molecule has 0 amide bonds. The number of nitrogens with two attached hydrogens (primary N) is 1. The summed E-state index contributed by atoms with van der Waals surface area (Å²) in [5.41, 5.74) is 8.17. The zero-order valence-corrected chi connectivity index (χ0v) is 14.3. The predicted octanol–water partition coefficient (Wildman–Crippen LogP) is 4.68. The maximum Gasteiger partial charge on any atom is 0.0954 e. The SMILES string of the molecule is Cc1cn(C23CCCCCCCCCCCC(N)(C2)C3)cn1. The molecule has 3 saturated carbocycles. The fraction of sp³-hybridized carbons (Fsp3) is 0.842. The van der Waals surface area contributed by atoms with Crippen molar-refractivity contribution in [3.63, 3.8) is 0 Å². The first-order valence-electron chi connectivity index (χ1n) is 9.42. The highest BCUT2D eigenvalue weighted by atomic mass is 15.1. The molecule has 0 spiro atoms. The number of aryl methyl sites for hydroxylation is 1. The lowest BCUT2D eigenvalue weighted by Gasteiger charge is -2.55. The van der Waals surface area contributed by atoms with E-state index < -0.39 is 0 Å². The van der Waals surface area contributed by atoms with Crippen molar-refractivity contribution in [1.29, 1.82) is 0 Å². The molecule has 0 aromatic carbocycles. The van der Waals surface area contributed by atoms with E-state index in [0.717, 1.165) is 18.5 Å². The van der Waals surface area contributed by atoms with Gasteiger partial charge in [0, 0.05) is 17.3 Å². The maximum atomic E-state index is 6.69. The summed E-state index contributed by atoms with van der Waals surface area (Å²) in [5, 5.41) is 0. The fourth-order valence-corrected chi connectivity index (χ4v) is 4.77. The van der Waals surface area contributed by atoms with Crippen LogP contribution in [0.3, 0.4) is 0 Å². The molecule has 4 rings (SSSR count). The minimum atomic E-state index is 0.0856. The first-order valence-corrected chi connectivity index (χ1v) is 9.42. The molecule has 124 valence electrons. The highest BCUT2D eigenvalue weighted by Gasteiger charge is 2.52. The molecule has 3 nitrogen and oxygen atoms in total. The van der Waals surface area contributed by atoms with Gasteiger partial charge in [-0.1, -0.05) is 57.8 Å². The van der Waals surface area contributed by atoms with E-state index in [-0.39, 0.29) is 11.1 Å². The van der Waals surface area contributed by atoms with Crippen molar-refractivity contribution in [2.24, 2.45) is 5.73 Å². The van der Waals surface area contributed by atoms with Crippen LogP contribution in [0.1, 0.15) is 89.2 Å². The zero-order chi connectivity index (χ0) is 15.5. The molecule has 0 unspecified atom stereocenters. The molecule has 3 heteroatoms. The Balaban J connectivity index is 1.68. The number of hydrogen-bond acceptors (Lipinski definition) is 2. The first kappa shape index (κ1) is 16.0. The van der Waals surface area contributed by atoms with Crippen molar-refractivity contribution < 1.29 is 0 Å². The summed E-state index contributed by atoms with van der Waals surface area (Å²) in [5.74, 6) is 0. The summed E-state index contributed by atoms with van der Waals surface area (Å²) in [4.78, 5) is 4.46. The zero-order valence-electron chi connectivity index (χ0n) is 14.3. The molecule has 3 aliphatic carbocycles. The van der Waals surface area contributed by atoms with Crippen LogP contribution < -0.4 is 5.73 Å². The van der Waals surface area contributed by atoms with Crippen LogP contribution in [0.25, 0.3) is 0 Å². The van der Waals surface area contributed by atoms with Gasteiger partial charge in [-0.2, -0.15) is 0 Å². The number of nitrogens with zero attached hydrogens (tertiary/aromatic N) is 2. The van der Waals surface area contributed by atoms with Crippen molar-refractivity contribution >= 4 is 0 Å². The van der Waals surface area contributed by atoms with E-state index in [2.05, 4.69) is 22.7 Å². The molecule has 0 aliphatic heterocycles. The average Bonchev–Trinajstić information content (AvgIpc) is 2.89. The summed E-state index contributed by atoms with van der Waals surface area (Å²) < 4.78 is 2.39. The lowest BCUT2D eigenvalue weighted by molar-refractivity contribution is 0.0203. The summed E-state index contributed by atoms with van der Waals surface area (Å²) in [7, 11) is 0. The highest BCUT2D eigenvalue weighted by molar-refractivity contribution is 5.13. The second-order valence-electron chi connectivity index (χ2n) is 8.04. The van der Waals surface area contributed by atoms with E-state index in [1.165, 1.54) is 70.6 Å². The van der Waals surface area contributed by atoms with E-state index in [1.807, 2.05) is 6.33 Å². The van der Waals surface area contributed by atoms with Crippen LogP contribution in [-0.2, 0) is 5.54 Å². The Morgan fingerprint density at radius 3 is 2.00 bits per heavy atom. The lowest BCUT2D eigenvalue weighted by atomic mass is 9.59. The summed E-state index contributed by atoms with van der Waals surface area (Å²) in [6.07, 6.45) is 21.6. The molecular weight excluding hydrogens is 270 g/mol. The third-order valence-corrected chi connectivity index (χ3v) is 5.94. The molecule has 2 N–H and O–H groups in total. The van der Waals surface area contributed by atoms with Gasteiger partial charge in [-0.15, -0.1) is 0 Å². The van der Waals surface area contributed by atoms with Crippen molar-refractivity contribution in [1.82, 2.24) is 9.55 Å². The molecule has 1 aromatic heterocycles. The van der Waals surface area contributed by atoms with Crippen molar-refractivity contribution in [2.45, 2.75) is 101 Å². The Labute approximate surface area is 135 Å². The van der Waals surface area contributed by atoms with Gasteiger partial charge in [-0.3, -0.25) is 0 Å². The van der Waals surface area contributed by atoms with Crippen molar-refractivity contribution in [3.8, 4) is 0 Å². The molecular formula is C19H33N3. The molecule has 1 heterocycles. The minimum absolute atomic E-state index is 0.0856. The Bertz CT molecular complexity index is 471. The summed E-state index contributed by atoms with van der Waals surface area (Å²) in [6, 6.07) is 0. The number of imidazole rings is 1. The molecule has 0 atom stereocenters. The number of fused-ring (bicyclic) bond motifs is 10. The van der Waals surface area contributed by atoms with Crippen LogP contribution in [0.2, 0.25) is 0 Å². The van der Waals surface area contributed by atoms with Gasteiger partial charge in [-0.25, -0.2) is 4.98 Å². The molecule has 0 saturated heterocycles. The van der Waals surface area contributed by atoms with E-state index in [1.54, 1.807) is 0 Å². The number of hydrogen-bond donors (Lipinski definition) is 1. The Kier molecular flexibility index (Phi) is 4.91. The average molecular weight is 303 g/mol. The lowest BCUT2D eigenvalue weighted by Crippen LogP contribution is -2.62. The standard InChI is InChI=1S/C19H33N3/c1-17-13-22(16-21-17)19-12-10-8-6-4-2-3-5-7-9-11-18(20,14-19)15-19/h13,16H,2-12,14-15,20H2,1H3. The maximum absolute atomic E-state index is 6.69. The molecule has 0 radical (unpaired) electrons. The highest BCUT2D eigenvalue weighted by Crippen LogP contribution is 2.51. The van der Waals surface area contributed by atoms with E-state index in [9.17, 15) is 0 Å². The van der Waals surface area contributed by atoms with Crippen LogP contribution in [0, 0.1) is 6.92 Å². The molecule has 3 aliphatic rings. The third-order valence-electron chi connectivity index (χ3n) is 5.94. The fourth-order valence-electron chi connectivity index (χ4n) is 4.77. The Morgan fingerprint density at radius 2 is 1.45 bits per heavy atom. The van der Waals surface area contributed by atoms with Crippen LogP contribution in [0.15, 0.2) is 12.5 Å². The van der Waals surface area contributed by atoms with E-state index in [4.69, 9.17) is 5.73 Å². The third kappa shape index (κ3) is 3.56. The largest absolute Gasteiger partial charge is 0.331 e. The number of aromatic nitrogens is 2. The Morgan fingerprint density at radius 1 is 0.909 bits per heavy atom. The Hall–Kier alpha value is -0.830. The normalized spacial score (nSPS) is 34.6. The van der Waals surface area contributed by atoms with Gasteiger partial charge in [0.2, 0.25) is 0 Å². The quantitative estimate of drug-likeness (QED) is 0.818. The van der Waals surface area contributed by atoms with E-state index in [0.29, 0.717) is 0 Å². The molecule has 1 aromatic rings. The van der Waals surface area contributed by atoms with Crippen molar-refractivity contribution in [2.75, 3.05) is 0 Å². The van der Waals surface area contributed by atoms with Crippen molar-refractivity contribution in [3.05, 3.63) is 18.2 Å². The molecule has 2 bridgehead atoms. The van der Waals surface area contributed by atoms with Gasteiger partial charge >= 0.3 is 0 Å². The van der Waals surface area contributed by atoms with Gasteiger partial charge < -0.3 is 10.3 Å². The van der Waals surface area contributed by atoms with Crippen LogP contribution >= 0.6 is 0 Å². The molecule has 22 heavy (non-hydrogen) atoms. The van der Waals surface area contributed by atoms with Crippen LogP contribution in [0.4, 0.5) is 0 Å². The summed E-state index contributed by atoms with van der Waals surface area (Å²) in [6.45, 7) is 2.09. The monoisotopic (exact) mass is 303 g/mol. The topological polar surface area (TPSA) is 43.8 Å².